The van der Waals surface area contributed by atoms with Crippen molar-refractivity contribution in [3.05, 3.63) is 59.7 Å². The maximum absolute atomic E-state index is 12.2. The van der Waals surface area contributed by atoms with Crippen LogP contribution in [0.25, 0.3) is 0 Å². The number of amides is 2. The van der Waals surface area contributed by atoms with Crippen molar-refractivity contribution in [3.63, 3.8) is 0 Å². The van der Waals surface area contributed by atoms with Crippen molar-refractivity contribution in [2.45, 2.75) is 25.9 Å². The molecule has 2 aromatic carbocycles. The number of aryl methyl sites for hydroxylation is 2. The molecule has 7 heteroatoms. The van der Waals surface area contributed by atoms with E-state index in [0.717, 1.165) is 11.1 Å². The molecule has 0 bridgehead atoms. The summed E-state index contributed by atoms with van der Waals surface area (Å²) in [5, 5.41) is 4.41. The first-order valence-electron chi connectivity index (χ1n) is 7.58. The average Bonchev–Trinajstić information content (AvgIpc) is 2.55. The Labute approximate surface area is 143 Å². The van der Waals surface area contributed by atoms with Gasteiger partial charge in [0, 0.05) is 17.8 Å². The van der Waals surface area contributed by atoms with Crippen LogP contribution in [0.3, 0.4) is 0 Å². The molecule has 4 nitrogen and oxygen atoms in total. The lowest BCUT2D eigenvalue weighted by molar-refractivity contribution is -0.167. The molecule has 0 aliphatic carbocycles. The molecular weight excluding hydrogens is 333 g/mol. The molecule has 0 saturated carbocycles. The van der Waals surface area contributed by atoms with E-state index in [4.69, 9.17) is 0 Å². The maximum atomic E-state index is 12.2. The molecule has 0 radical (unpaired) electrons. The van der Waals surface area contributed by atoms with E-state index in [9.17, 15) is 22.8 Å². The number of halogens is 3. The van der Waals surface area contributed by atoms with Gasteiger partial charge in [-0.15, -0.1) is 0 Å². The quantitative estimate of drug-likeness (QED) is 0.854. The Balaban J connectivity index is 1.87. The fraction of sp³-hybridized carbons (Fsp3) is 0.222. The lowest BCUT2D eigenvalue weighted by Crippen LogP contribution is -2.29. The summed E-state index contributed by atoms with van der Waals surface area (Å²) < 4.78 is 36.5. The number of alkyl halides is 3. The van der Waals surface area contributed by atoms with Crippen molar-refractivity contribution < 1.29 is 22.8 Å². The van der Waals surface area contributed by atoms with Crippen LogP contribution in [-0.2, 0) is 16.0 Å². The zero-order valence-electron chi connectivity index (χ0n) is 13.5. The van der Waals surface area contributed by atoms with Crippen molar-refractivity contribution >= 4 is 23.2 Å². The van der Waals surface area contributed by atoms with Gasteiger partial charge < -0.3 is 10.6 Å². The number of hydrogen-bond donors (Lipinski definition) is 2. The van der Waals surface area contributed by atoms with Gasteiger partial charge in [-0.1, -0.05) is 24.3 Å². The lowest BCUT2D eigenvalue weighted by atomic mass is 10.0. The highest BCUT2D eigenvalue weighted by Crippen LogP contribution is 2.20. The number of hydrogen-bond acceptors (Lipinski definition) is 2. The van der Waals surface area contributed by atoms with E-state index in [0.29, 0.717) is 12.1 Å². The van der Waals surface area contributed by atoms with Crippen molar-refractivity contribution in [1.29, 1.82) is 0 Å². The Kier molecular flexibility index (Phi) is 5.80. The molecule has 0 unspecified atom stereocenters. The highest BCUT2D eigenvalue weighted by molar-refractivity contribution is 5.95. The SMILES string of the molecule is Cc1ccccc1CCC(=O)Nc1ccc(NC(=O)C(F)(F)F)cc1. The Morgan fingerprint density at radius 3 is 2.04 bits per heavy atom. The third kappa shape index (κ3) is 5.63. The third-order valence-electron chi connectivity index (χ3n) is 3.57. The lowest BCUT2D eigenvalue weighted by Gasteiger charge is -2.10. The number of benzene rings is 2. The molecule has 0 aliphatic rings. The molecule has 0 heterocycles. The second-order valence-electron chi connectivity index (χ2n) is 5.50. The molecule has 2 N–H and O–H groups in total. The summed E-state index contributed by atoms with van der Waals surface area (Å²) in [6.07, 6.45) is -4.06. The molecule has 25 heavy (non-hydrogen) atoms. The van der Waals surface area contributed by atoms with Crippen molar-refractivity contribution in [1.82, 2.24) is 0 Å². The van der Waals surface area contributed by atoms with Gasteiger partial charge in [-0.25, -0.2) is 0 Å². The first-order valence-corrected chi connectivity index (χ1v) is 7.58. The van der Waals surface area contributed by atoms with Crippen molar-refractivity contribution in [3.8, 4) is 0 Å². The molecule has 2 aromatic rings. The van der Waals surface area contributed by atoms with Crippen LogP contribution in [0.4, 0.5) is 24.5 Å². The van der Waals surface area contributed by atoms with E-state index >= 15 is 0 Å². The maximum Gasteiger partial charge on any atom is 0.471 e. The molecule has 0 fully saturated rings. The second kappa shape index (κ2) is 7.83. The molecule has 0 aliphatic heterocycles. The fourth-order valence-electron chi connectivity index (χ4n) is 2.20. The number of carbonyl (C=O) groups is 2. The molecule has 2 amide bonds. The van der Waals surface area contributed by atoms with E-state index in [-0.39, 0.29) is 18.0 Å². The molecule has 0 aromatic heterocycles. The van der Waals surface area contributed by atoms with Crippen LogP contribution in [0.2, 0.25) is 0 Å². The highest BCUT2D eigenvalue weighted by atomic mass is 19.4. The molecule has 0 saturated heterocycles. The standard InChI is InChI=1S/C18H17F3N2O2/c1-12-4-2-3-5-13(12)6-11-16(24)22-14-7-9-15(10-8-14)23-17(25)18(19,20)21/h2-5,7-10H,6,11H2,1H3,(H,22,24)(H,23,25). The molecule has 132 valence electrons. The predicted octanol–water partition coefficient (Wildman–Crippen LogP) is 4.07. The Morgan fingerprint density at radius 2 is 1.48 bits per heavy atom. The Bertz CT molecular complexity index is 756. The van der Waals surface area contributed by atoms with Gasteiger partial charge in [0.2, 0.25) is 5.91 Å². The van der Waals surface area contributed by atoms with E-state index < -0.39 is 12.1 Å². The average molecular weight is 350 g/mol. The zero-order chi connectivity index (χ0) is 18.4. The summed E-state index contributed by atoms with van der Waals surface area (Å²) in [6.45, 7) is 1.97. The van der Waals surface area contributed by atoms with Crippen molar-refractivity contribution in [2.24, 2.45) is 0 Å². The summed E-state index contributed by atoms with van der Waals surface area (Å²) in [4.78, 5) is 22.8. The van der Waals surface area contributed by atoms with Crippen LogP contribution >= 0.6 is 0 Å². The van der Waals surface area contributed by atoms with Gasteiger partial charge in [0.1, 0.15) is 0 Å². The first kappa shape index (κ1) is 18.5. The number of anilines is 2. The minimum atomic E-state index is -4.94. The topological polar surface area (TPSA) is 58.2 Å². The summed E-state index contributed by atoms with van der Waals surface area (Å²) in [5.74, 6) is -2.24. The van der Waals surface area contributed by atoms with Crippen LogP contribution in [0, 0.1) is 6.92 Å². The Morgan fingerprint density at radius 1 is 0.920 bits per heavy atom. The normalized spacial score (nSPS) is 11.0. The fourth-order valence-corrected chi connectivity index (χ4v) is 2.20. The van der Waals surface area contributed by atoms with Gasteiger partial charge in [-0.2, -0.15) is 13.2 Å². The number of rotatable bonds is 5. The summed E-state index contributed by atoms with van der Waals surface area (Å²) in [5.41, 5.74) is 2.64. The van der Waals surface area contributed by atoms with Crippen LogP contribution in [-0.4, -0.2) is 18.0 Å². The molecular formula is C18H17F3N2O2. The smallest absolute Gasteiger partial charge is 0.326 e. The predicted molar refractivity (Wildman–Crippen MR) is 89.3 cm³/mol. The van der Waals surface area contributed by atoms with E-state index in [1.54, 1.807) is 5.32 Å². The minimum Gasteiger partial charge on any atom is -0.326 e. The van der Waals surface area contributed by atoms with Gasteiger partial charge in [-0.3, -0.25) is 9.59 Å². The summed E-state index contributed by atoms with van der Waals surface area (Å²) in [7, 11) is 0. The summed E-state index contributed by atoms with van der Waals surface area (Å²) in [6, 6.07) is 13.2. The van der Waals surface area contributed by atoms with Gasteiger partial charge in [0.05, 0.1) is 0 Å². The highest BCUT2D eigenvalue weighted by Gasteiger charge is 2.38. The van der Waals surface area contributed by atoms with E-state index in [1.165, 1.54) is 24.3 Å². The van der Waals surface area contributed by atoms with Gasteiger partial charge in [0.25, 0.3) is 0 Å². The van der Waals surface area contributed by atoms with Crippen molar-refractivity contribution in [2.75, 3.05) is 10.6 Å². The van der Waals surface area contributed by atoms with Crippen LogP contribution in [0.5, 0.6) is 0 Å². The van der Waals surface area contributed by atoms with E-state index in [2.05, 4.69) is 5.32 Å². The van der Waals surface area contributed by atoms with E-state index in [1.807, 2.05) is 31.2 Å². The zero-order valence-corrected chi connectivity index (χ0v) is 13.5. The monoisotopic (exact) mass is 350 g/mol. The molecule has 2 rings (SSSR count). The molecule has 0 spiro atoms. The van der Waals surface area contributed by atoms with Crippen LogP contribution in [0.15, 0.2) is 48.5 Å². The largest absolute Gasteiger partial charge is 0.471 e. The van der Waals surface area contributed by atoms with Gasteiger partial charge in [0.15, 0.2) is 0 Å². The van der Waals surface area contributed by atoms with Crippen LogP contribution < -0.4 is 10.6 Å². The number of nitrogens with one attached hydrogen (secondary N) is 2. The third-order valence-corrected chi connectivity index (χ3v) is 3.57. The van der Waals surface area contributed by atoms with Crippen LogP contribution in [0.1, 0.15) is 17.5 Å². The first-order chi connectivity index (χ1) is 11.8. The van der Waals surface area contributed by atoms with Gasteiger partial charge in [-0.05, 0) is 48.7 Å². The second-order valence-corrected chi connectivity index (χ2v) is 5.50. The minimum absolute atomic E-state index is 0.000217. The van der Waals surface area contributed by atoms with Gasteiger partial charge >= 0.3 is 12.1 Å². The summed E-state index contributed by atoms with van der Waals surface area (Å²) >= 11 is 0. The Hall–Kier alpha value is -2.83. The number of carbonyl (C=O) groups excluding carboxylic acids is 2. The molecule has 0 atom stereocenters.